The Bertz CT molecular complexity index is 543. The van der Waals surface area contributed by atoms with Gasteiger partial charge in [0, 0.05) is 0 Å². The highest BCUT2D eigenvalue weighted by atomic mass is 14.3. The number of allylic oxidation sites excluding steroid dienone is 4. The van der Waals surface area contributed by atoms with Crippen LogP contribution in [0.2, 0.25) is 0 Å². The van der Waals surface area contributed by atoms with Crippen molar-refractivity contribution in [3.8, 4) is 0 Å². The molecular weight excluding hydrogens is 300 g/mol. The first-order valence-corrected chi connectivity index (χ1v) is 10.8. The SMILES string of the molecule is CCCCCCCC1CCC(C2C=CC(c3ccccc3)=CC2)CC1. The zero-order valence-electron chi connectivity index (χ0n) is 16.1. The molecule has 0 heteroatoms. The van der Waals surface area contributed by atoms with E-state index in [1.54, 1.807) is 0 Å². The van der Waals surface area contributed by atoms with Crippen LogP contribution in [0, 0.1) is 17.8 Å². The van der Waals surface area contributed by atoms with E-state index < -0.39 is 0 Å². The maximum absolute atomic E-state index is 2.51. The first-order chi connectivity index (χ1) is 12.4. The smallest absolute Gasteiger partial charge is 0.0167 e. The van der Waals surface area contributed by atoms with E-state index in [1.165, 1.54) is 81.8 Å². The summed E-state index contributed by atoms with van der Waals surface area (Å²) < 4.78 is 0. The van der Waals surface area contributed by atoms with E-state index in [4.69, 9.17) is 0 Å². The second-order valence-corrected chi connectivity index (χ2v) is 8.27. The van der Waals surface area contributed by atoms with Crippen molar-refractivity contribution in [2.24, 2.45) is 17.8 Å². The molecule has 3 rings (SSSR count). The molecule has 0 spiro atoms. The van der Waals surface area contributed by atoms with Crippen LogP contribution in [0.5, 0.6) is 0 Å². The average molecular weight is 337 g/mol. The van der Waals surface area contributed by atoms with Crippen molar-refractivity contribution in [1.29, 1.82) is 0 Å². The van der Waals surface area contributed by atoms with Crippen molar-refractivity contribution in [2.45, 2.75) is 77.6 Å². The normalized spacial score (nSPS) is 26.4. The maximum atomic E-state index is 2.51. The van der Waals surface area contributed by atoms with Crippen LogP contribution in [0.4, 0.5) is 0 Å². The minimum absolute atomic E-state index is 0.790. The van der Waals surface area contributed by atoms with E-state index in [0.29, 0.717) is 0 Å². The molecule has 0 aliphatic heterocycles. The van der Waals surface area contributed by atoms with Gasteiger partial charge in [-0.3, -0.25) is 0 Å². The molecule has 1 atom stereocenters. The van der Waals surface area contributed by atoms with Gasteiger partial charge in [-0.2, -0.15) is 0 Å². The van der Waals surface area contributed by atoms with E-state index in [9.17, 15) is 0 Å². The lowest BCUT2D eigenvalue weighted by atomic mass is 9.72. The molecule has 2 aliphatic carbocycles. The molecule has 1 saturated carbocycles. The van der Waals surface area contributed by atoms with Gasteiger partial charge < -0.3 is 0 Å². The Morgan fingerprint density at radius 3 is 2.32 bits per heavy atom. The Morgan fingerprint density at radius 2 is 1.64 bits per heavy atom. The van der Waals surface area contributed by atoms with Gasteiger partial charge in [0.25, 0.3) is 0 Å². The molecule has 0 radical (unpaired) electrons. The summed E-state index contributed by atoms with van der Waals surface area (Å²) in [5, 5.41) is 0. The fourth-order valence-electron chi connectivity index (χ4n) is 4.77. The Hall–Kier alpha value is -1.30. The van der Waals surface area contributed by atoms with E-state index in [0.717, 1.165) is 17.8 Å². The molecule has 1 aromatic rings. The molecule has 0 aromatic heterocycles. The zero-order valence-corrected chi connectivity index (χ0v) is 16.1. The summed E-state index contributed by atoms with van der Waals surface area (Å²) >= 11 is 0. The minimum Gasteiger partial charge on any atom is -0.0802 e. The second-order valence-electron chi connectivity index (χ2n) is 8.27. The quantitative estimate of drug-likeness (QED) is 0.424. The zero-order chi connectivity index (χ0) is 17.3. The van der Waals surface area contributed by atoms with Crippen molar-refractivity contribution < 1.29 is 0 Å². The van der Waals surface area contributed by atoms with Crippen LogP contribution in [0.15, 0.2) is 48.6 Å². The van der Waals surface area contributed by atoms with Crippen molar-refractivity contribution in [3.05, 3.63) is 54.1 Å². The lowest BCUT2D eigenvalue weighted by Gasteiger charge is -2.33. The highest BCUT2D eigenvalue weighted by Crippen LogP contribution is 2.39. The standard InChI is InChI=1S/C25H36/c1-2-3-4-5-7-10-21-13-15-23(16-14-21)25-19-17-24(18-20-25)22-11-8-6-9-12-22/h6,8-9,11-12,17-19,21,23,25H,2-5,7,10,13-16,20H2,1H3. The van der Waals surface area contributed by atoms with Gasteiger partial charge in [-0.05, 0) is 48.2 Å². The third-order valence-electron chi connectivity index (χ3n) is 6.45. The van der Waals surface area contributed by atoms with Crippen molar-refractivity contribution in [1.82, 2.24) is 0 Å². The monoisotopic (exact) mass is 336 g/mol. The fraction of sp³-hybridized carbons (Fsp3) is 0.600. The maximum Gasteiger partial charge on any atom is -0.0167 e. The Balaban J connectivity index is 1.38. The summed E-state index contributed by atoms with van der Waals surface area (Å²) in [6, 6.07) is 10.8. The van der Waals surface area contributed by atoms with Gasteiger partial charge in [0.15, 0.2) is 0 Å². The highest BCUT2D eigenvalue weighted by molar-refractivity contribution is 5.74. The van der Waals surface area contributed by atoms with E-state index in [-0.39, 0.29) is 0 Å². The summed E-state index contributed by atoms with van der Waals surface area (Å²) in [6.45, 7) is 2.30. The van der Waals surface area contributed by atoms with E-state index in [2.05, 4.69) is 55.5 Å². The number of rotatable bonds is 8. The summed E-state index contributed by atoms with van der Waals surface area (Å²) in [4.78, 5) is 0. The summed E-state index contributed by atoms with van der Waals surface area (Å²) in [7, 11) is 0. The average Bonchev–Trinajstić information content (AvgIpc) is 2.69. The molecule has 0 nitrogen and oxygen atoms in total. The first-order valence-electron chi connectivity index (χ1n) is 10.8. The van der Waals surface area contributed by atoms with Gasteiger partial charge in [0.05, 0.1) is 0 Å². The molecule has 1 unspecified atom stereocenters. The molecule has 2 aliphatic rings. The summed E-state index contributed by atoms with van der Waals surface area (Å²) in [5.41, 5.74) is 2.78. The molecule has 0 bridgehead atoms. The molecule has 0 N–H and O–H groups in total. The lowest BCUT2D eigenvalue weighted by molar-refractivity contribution is 0.218. The Labute approximate surface area is 155 Å². The minimum atomic E-state index is 0.790. The van der Waals surface area contributed by atoms with Crippen molar-refractivity contribution >= 4 is 5.57 Å². The molecule has 0 saturated heterocycles. The van der Waals surface area contributed by atoms with Crippen LogP contribution in [-0.4, -0.2) is 0 Å². The predicted octanol–water partition coefficient (Wildman–Crippen LogP) is 7.81. The van der Waals surface area contributed by atoms with Gasteiger partial charge in [-0.25, -0.2) is 0 Å². The fourth-order valence-corrected chi connectivity index (χ4v) is 4.77. The van der Waals surface area contributed by atoms with Crippen molar-refractivity contribution in [2.75, 3.05) is 0 Å². The summed E-state index contributed by atoms with van der Waals surface area (Å²) in [6.07, 6.45) is 23.2. The van der Waals surface area contributed by atoms with Crippen LogP contribution in [0.1, 0.15) is 83.1 Å². The Kier molecular flexibility index (Phi) is 7.39. The first kappa shape index (κ1) is 18.5. The lowest BCUT2D eigenvalue weighted by Crippen LogP contribution is -2.21. The van der Waals surface area contributed by atoms with Gasteiger partial charge in [0.1, 0.15) is 0 Å². The third kappa shape index (κ3) is 5.59. The van der Waals surface area contributed by atoms with Crippen LogP contribution >= 0.6 is 0 Å². The van der Waals surface area contributed by atoms with Gasteiger partial charge in [-0.15, -0.1) is 0 Å². The molecule has 25 heavy (non-hydrogen) atoms. The molecule has 1 aromatic carbocycles. The topological polar surface area (TPSA) is 0 Å². The molecule has 136 valence electrons. The van der Waals surface area contributed by atoms with E-state index >= 15 is 0 Å². The Morgan fingerprint density at radius 1 is 0.880 bits per heavy atom. The van der Waals surface area contributed by atoms with Crippen LogP contribution in [-0.2, 0) is 0 Å². The molecule has 0 amide bonds. The number of unbranched alkanes of at least 4 members (excludes halogenated alkanes) is 4. The van der Waals surface area contributed by atoms with E-state index in [1.807, 2.05) is 0 Å². The second kappa shape index (κ2) is 10.00. The van der Waals surface area contributed by atoms with Gasteiger partial charge >= 0.3 is 0 Å². The van der Waals surface area contributed by atoms with Gasteiger partial charge in [0.2, 0.25) is 0 Å². The largest absolute Gasteiger partial charge is 0.0802 e. The number of hydrogen-bond donors (Lipinski definition) is 0. The number of hydrogen-bond acceptors (Lipinski definition) is 0. The number of benzene rings is 1. The highest BCUT2D eigenvalue weighted by Gasteiger charge is 2.26. The van der Waals surface area contributed by atoms with Crippen LogP contribution in [0.25, 0.3) is 5.57 Å². The third-order valence-corrected chi connectivity index (χ3v) is 6.45. The van der Waals surface area contributed by atoms with Crippen LogP contribution < -0.4 is 0 Å². The van der Waals surface area contributed by atoms with Crippen LogP contribution in [0.3, 0.4) is 0 Å². The molecule has 1 fully saturated rings. The van der Waals surface area contributed by atoms with Crippen molar-refractivity contribution in [3.63, 3.8) is 0 Å². The predicted molar refractivity (Wildman–Crippen MR) is 110 cm³/mol. The van der Waals surface area contributed by atoms with Gasteiger partial charge in [-0.1, -0.05) is 107 Å². The summed E-state index contributed by atoms with van der Waals surface area (Å²) in [5.74, 6) is 2.75. The molecule has 0 heterocycles. The molecular formula is C25H36.